The van der Waals surface area contributed by atoms with Crippen LogP contribution < -0.4 is 0 Å². The second-order valence-electron chi connectivity index (χ2n) is 7.70. The van der Waals surface area contributed by atoms with Gasteiger partial charge in [0.05, 0.1) is 0 Å². The SMILES string of the molecule is O=S([O-])c1ccccc1/C=C/c1ccc(-c2ccc(/C=C/c3ccccc3S(=O)(=O)O)cc2)cc1. The average Bonchev–Trinajstić information content (AvgIpc) is 2.86. The lowest BCUT2D eigenvalue weighted by molar-refractivity contribution is 0.483. The quantitative estimate of drug-likeness (QED) is 0.185. The molecule has 1 unspecified atom stereocenters. The van der Waals surface area contributed by atoms with Crippen LogP contribution in [-0.2, 0) is 21.2 Å². The summed E-state index contributed by atoms with van der Waals surface area (Å²) in [5, 5.41) is 0. The summed E-state index contributed by atoms with van der Waals surface area (Å²) in [5.41, 5.74) is 4.91. The highest BCUT2D eigenvalue weighted by Gasteiger charge is 2.12. The molecule has 0 heterocycles. The first-order chi connectivity index (χ1) is 16.8. The standard InChI is InChI=1S/C28H22O5S2/c29-34(30)27-7-3-1-5-25(27)19-13-21-9-15-23(16-10-21)24-17-11-22(12-18-24)14-20-26-6-2-4-8-28(26)35(31,32)33/h1-20H,(H,29,30)(H,31,32,33)/p-1/b19-13+,20-14+. The van der Waals surface area contributed by atoms with Crippen LogP contribution in [0.3, 0.4) is 0 Å². The second-order valence-corrected chi connectivity index (χ2v) is 10.00. The lowest BCUT2D eigenvalue weighted by atomic mass is 10.0. The number of hydrogen-bond donors (Lipinski definition) is 1. The summed E-state index contributed by atoms with van der Waals surface area (Å²) < 4.78 is 55.2. The van der Waals surface area contributed by atoms with Crippen LogP contribution in [0.4, 0.5) is 0 Å². The molecule has 4 aromatic rings. The normalized spacial score (nSPS) is 12.9. The highest BCUT2D eigenvalue weighted by molar-refractivity contribution is 7.86. The molecule has 0 aliphatic rings. The van der Waals surface area contributed by atoms with Gasteiger partial charge in [-0.1, -0.05) is 109 Å². The van der Waals surface area contributed by atoms with Crippen LogP contribution in [-0.4, -0.2) is 21.7 Å². The van der Waals surface area contributed by atoms with Crippen molar-refractivity contribution < 1.29 is 21.7 Å². The van der Waals surface area contributed by atoms with Crippen LogP contribution in [0.15, 0.2) is 107 Å². The first kappa shape index (κ1) is 24.5. The molecule has 0 aromatic heterocycles. The molecule has 0 fully saturated rings. The molecule has 5 nitrogen and oxygen atoms in total. The van der Waals surface area contributed by atoms with Gasteiger partial charge in [-0.05, 0) is 56.6 Å². The van der Waals surface area contributed by atoms with E-state index in [1.807, 2.05) is 54.6 Å². The van der Waals surface area contributed by atoms with Gasteiger partial charge in [-0.25, -0.2) is 0 Å². The lowest BCUT2D eigenvalue weighted by Gasteiger charge is -2.08. The van der Waals surface area contributed by atoms with Crippen LogP contribution in [0.1, 0.15) is 22.3 Å². The zero-order chi connectivity index (χ0) is 24.8. The zero-order valence-corrected chi connectivity index (χ0v) is 20.1. The first-order valence-corrected chi connectivity index (χ1v) is 13.1. The third-order valence-corrected chi connectivity index (χ3v) is 7.02. The van der Waals surface area contributed by atoms with Crippen LogP contribution in [0.25, 0.3) is 35.4 Å². The van der Waals surface area contributed by atoms with E-state index in [0.717, 1.165) is 22.3 Å². The molecular formula is C28H21O5S2-. The molecule has 0 saturated carbocycles. The lowest BCUT2D eigenvalue weighted by Crippen LogP contribution is -2.00. The topological polar surface area (TPSA) is 94.5 Å². The van der Waals surface area contributed by atoms with E-state index in [9.17, 15) is 21.7 Å². The molecule has 0 spiro atoms. The molecule has 0 bridgehead atoms. The summed E-state index contributed by atoms with van der Waals surface area (Å²) in [6.07, 6.45) is 7.09. The summed E-state index contributed by atoms with van der Waals surface area (Å²) >= 11 is -2.29. The third-order valence-electron chi connectivity index (χ3n) is 5.36. The molecule has 0 aliphatic heterocycles. The Morgan fingerprint density at radius 3 is 1.60 bits per heavy atom. The Balaban J connectivity index is 1.48. The van der Waals surface area contributed by atoms with Crippen molar-refractivity contribution in [1.82, 2.24) is 0 Å². The van der Waals surface area contributed by atoms with Crippen LogP contribution in [0.5, 0.6) is 0 Å². The Morgan fingerprint density at radius 2 is 1.09 bits per heavy atom. The van der Waals surface area contributed by atoms with E-state index in [4.69, 9.17) is 0 Å². The van der Waals surface area contributed by atoms with Gasteiger partial charge in [-0.2, -0.15) is 8.42 Å². The molecule has 7 heteroatoms. The van der Waals surface area contributed by atoms with E-state index < -0.39 is 21.2 Å². The molecule has 35 heavy (non-hydrogen) atoms. The summed E-state index contributed by atoms with van der Waals surface area (Å²) in [6.45, 7) is 0. The van der Waals surface area contributed by atoms with Crippen molar-refractivity contribution in [2.45, 2.75) is 9.79 Å². The largest absolute Gasteiger partial charge is 0.768 e. The van der Waals surface area contributed by atoms with Crippen molar-refractivity contribution in [3.63, 3.8) is 0 Å². The van der Waals surface area contributed by atoms with Gasteiger partial charge < -0.3 is 4.55 Å². The molecule has 0 aliphatic carbocycles. The van der Waals surface area contributed by atoms with Crippen molar-refractivity contribution in [3.8, 4) is 11.1 Å². The van der Waals surface area contributed by atoms with Crippen molar-refractivity contribution in [2.24, 2.45) is 0 Å². The summed E-state index contributed by atoms with van der Waals surface area (Å²) in [4.78, 5) is 0.128. The number of rotatable bonds is 7. The molecular weight excluding hydrogens is 480 g/mol. The summed E-state index contributed by atoms with van der Waals surface area (Å²) in [5.74, 6) is 0. The fourth-order valence-corrected chi connectivity index (χ4v) is 4.77. The van der Waals surface area contributed by atoms with Gasteiger partial charge in [0.1, 0.15) is 4.90 Å². The molecule has 0 saturated heterocycles. The number of benzene rings is 4. The van der Waals surface area contributed by atoms with Gasteiger partial charge in [0.15, 0.2) is 0 Å². The summed E-state index contributed by atoms with van der Waals surface area (Å²) in [7, 11) is -4.29. The van der Waals surface area contributed by atoms with Gasteiger partial charge in [0.2, 0.25) is 0 Å². The van der Waals surface area contributed by atoms with E-state index in [1.54, 1.807) is 60.7 Å². The molecule has 0 amide bonds. The van der Waals surface area contributed by atoms with Crippen molar-refractivity contribution >= 4 is 45.5 Å². The van der Waals surface area contributed by atoms with E-state index in [0.29, 0.717) is 11.1 Å². The van der Waals surface area contributed by atoms with Gasteiger partial charge >= 0.3 is 0 Å². The summed E-state index contributed by atoms with van der Waals surface area (Å²) in [6, 6.07) is 28.8. The Morgan fingerprint density at radius 1 is 0.629 bits per heavy atom. The Bertz CT molecular complexity index is 1520. The van der Waals surface area contributed by atoms with Crippen LogP contribution in [0.2, 0.25) is 0 Å². The van der Waals surface area contributed by atoms with E-state index in [1.165, 1.54) is 6.07 Å². The minimum atomic E-state index is -4.29. The highest BCUT2D eigenvalue weighted by Crippen LogP contribution is 2.23. The van der Waals surface area contributed by atoms with Crippen LogP contribution in [0, 0.1) is 0 Å². The molecule has 1 N–H and O–H groups in total. The highest BCUT2D eigenvalue weighted by atomic mass is 32.2. The monoisotopic (exact) mass is 501 g/mol. The minimum Gasteiger partial charge on any atom is -0.768 e. The predicted octanol–water partition coefficient (Wildman–Crippen LogP) is 6.18. The maximum absolute atomic E-state index is 11.5. The van der Waals surface area contributed by atoms with Gasteiger partial charge in [-0.15, -0.1) is 0 Å². The first-order valence-electron chi connectivity index (χ1n) is 10.6. The minimum absolute atomic E-state index is 0.133. The number of hydrogen-bond acceptors (Lipinski definition) is 4. The molecule has 1 atom stereocenters. The van der Waals surface area contributed by atoms with Crippen molar-refractivity contribution in [2.75, 3.05) is 0 Å². The predicted molar refractivity (Wildman–Crippen MR) is 140 cm³/mol. The Hall–Kier alpha value is -3.62. The fourth-order valence-electron chi connectivity index (χ4n) is 3.57. The third kappa shape index (κ3) is 6.29. The molecule has 4 rings (SSSR count). The second kappa shape index (κ2) is 10.8. The van der Waals surface area contributed by atoms with Gasteiger partial charge in [0.25, 0.3) is 10.1 Å². The fraction of sp³-hybridized carbons (Fsp3) is 0. The average molecular weight is 502 g/mol. The van der Waals surface area contributed by atoms with E-state index in [2.05, 4.69) is 0 Å². The maximum atomic E-state index is 11.5. The molecule has 176 valence electrons. The van der Waals surface area contributed by atoms with E-state index >= 15 is 0 Å². The zero-order valence-electron chi connectivity index (χ0n) is 18.4. The molecule has 0 radical (unpaired) electrons. The van der Waals surface area contributed by atoms with Crippen LogP contribution >= 0.6 is 0 Å². The van der Waals surface area contributed by atoms with Gasteiger partial charge in [0, 0.05) is 4.90 Å². The maximum Gasteiger partial charge on any atom is 0.295 e. The molecule has 4 aromatic carbocycles. The van der Waals surface area contributed by atoms with E-state index in [-0.39, 0.29) is 9.79 Å². The Kier molecular flexibility index (Phi) is 7.53. The smallest absolute Gasteiger partial charge is 0.295 e. The Labute approximate surface area is 207 Å². The van der Waals surface area contributed by atoms with Crippen molar-refractivity contribution in [3.05, 3.63) is 119 Å². The van der Waals surface area contributed by atoms with Crippen molar-refractivity contribution in [1.29, 1.82) is 0 Å². The van der Waals surface area contributed by atoms with Gasteiger partial charge in [-0.3, -0.25) is 8.76 Å².